The van der Waals surface area contributed by atoms with Crippen LogP contribution >= 0.6 is 0 Å². The van der Waals surface area contributed by atoms with Crippen LogP contribution in [-0.2, 0) is 36.1 Å². The Kier molecular flexibility index (Phi) is 8.40. The van der Waals surface area contributed by atoms with Crippen LogP contribution in [0, 0.1) is 0 Å². The Balaban J connectivity index is 1.49. The largest absolute Gasteiger partial charge is 0.493 e. The van der Waals surface area contributed by atoms with Crippen LogP contribution in [0.25, 0.3) is 54.6 Å². The SMILES string of the molecule is C=CC(=O)OCC1(COC(=O)C=C)c2cc(-c3ccc4ccc5cc(C(C)(C)C)cc6ccc3c4c56)ccc2-c2cc(C(F)(F)F)c(OCC)cc21. The molecule has 0 N–H and O–H groups in total. The van der Waals surface area contributed by atoms with Gasteiger partial charge in [-0.1, -0.05) is 94.6 Å². The van der Waals surface area contributed by atoms with Crippen molar-refractivity contribution in [2.75, 3.05) is 19.8 Å². The van der Waals surface area contributed by atoms with Gasteiger partial charge in [-0.25, -0.2) is 9.59 Å². The number of halogens is 3. The Morgan fingerprint density at radius 3 is 1.88 bits per heavy atom. The first-order valence-electron chi connectivity index (χ1n) is 17.0. The Morgan fingerprint density at radius 2 is 1.29 bits per heavy atom. The van der Waals surface area contributed by atoms with E-state index in [4.69, 9.17) is 14.2 Å². The lowest BCUT2D eigenvalue weighted by Crippen LogP contribution is -2.38. The van der Waals surface area contributed by atoms with Gasteiger partial charge in [0, 0.05) is 12.2 Å². The van der Waals surface area contributed by atoms with Gasteiger partial charge in [0.2, 0.25) is 0 Å². The predicted octanol–water partition coefficient (Wildman–Crippen LogP) is 10.7. The molecule has 0 saturated carbocycles. The molecular weight excluding hydrogens is 665 g/mol. The third-order valence-electron chi connectivity index (χ3n) is 10.1. The second-order valence-electron chi connectivity index (χ2n) is 14.2. The predicted molar refractivity (Wildman–Crippen MR) is 199 cm³/mol. The molecular formula is C44H37F3O5. The summed E-state index contributed by atoms with van der Waals surface area (Å²) >= 11 is 0. The molecule has 6 aromatic rings. The van der Waals surface area contributed by atoms with Crippen molar-refractivity contribution in [3.8, 4) is 28.0 Å². The second-order valence-corrected chi connectivity index (χ2v) is 14.2. The molecule has 0 bridgehead atoms. The van der Waals surface area contributed by atoms with E-state index in [2.05, 4.69) is 76.4 Å². The molecule has 8 heteroatoms. The van der Waals surface area contributed by atoms with E-state index in [0.717, 1.165) is 61.7 Å². The monoisotopic (exact) mass is 702 g/mol. The van der Waals surface area contributed by atoms with Crippen molar-refractivity contribution in [2.24, 2.45) is 0 Å². The molecule has 0 fully saturated rings. The van der Waals surface area contributed by atoms with E-state index in [0.29, 0.717) is 16.7 Å². The van der Waals surface area contributed by atoms with Crippen LogP contribution in [-0.4, -0.2) is 31.8 Å². The van der Waals surface area contributed by atoms with Gasteiger partial charge in [0.05, 0.1) is 17.6 Å². The smallest absolute Gasteiger partial charge is 0.419 e. The summed E-state index contributed by atoms with van der Waals surface area (Å²) in [6.07, 6.45) is -2.71. The summed E-state index contributed by atoms with van der Waals surface area (Å²) < 4.78 is 60.2. The third-order valence-corrected chi connectivity index (χ3v) is 10.1. The Hall–Kier alpha value is -5.63. The summed E-state index contributed by atoms with van der Waals surface area (Å²) in [5, 5.41) is 6.63. The van der Waals surface area contributed by atoms with E-state index in [1.807, 2.05) is 18.2 Å². The molecule has 1 aliphatic rings. The number of carbonyl (C=O) groups excluding carboxylic acids is 2. The van der Waals surface area contributed by atoms with E-state index in [-0.39, 0.29) is 36.5 Å². The molecule has 264 valence electrons. The second kappa shape index (κ2) is 12.5. The van der Waals surface area contributed by atoms with Crippen molar-refractivity contribution in [1.82, 2.24) is 0 Å². The zero-order chi connectivity index (χ0) is 37.2. The van der Waals surface area contributed by atoms with E-state index in [9.17, 15) is 22.8 Å². The molecule has 0 amide bonds. The molecule has 0 saturated heterocycles. The maximum Gasteiger partial charge on any atom is 0.419 e. The molecule has 52 heavy (non-hydrogen) atoms. The summed E-state index contributed by atoms with van der Waals surface area (Å²) in [7, 11) is 0. The van der Waals surface area contributed by atoms with Crippen LogP contribution in [0.3, 0.4) is 0 Å². The van der Waals surface area contributed by atoms with Gasteiger partial charge in [0.15, 0.2) is 0 Å². The number of hydrogen-bond donors (Lipinski definition) is 0. The minimum atomic E-state index is -4.72. The summed E-state index contributed by atoms with van der Waals surface area (Å²) in [5.74, 6) is -1.85. The number of fused-ring (bicyclic) bond motifs is 3. The van der Waals surface area contributed by atoms with Gasteiger partial charge in [-0.15, -0.1) is 0 Å². The zero-order valence-corrected chi connectivity index (χ0v) is 29.4. The van der Waals surface area contributed by atoms with Crippen molar-refractivity contribution >= 4 is 44.3 Å². The molecule has 6 aromatic carbocycles. The average Bonchev–Trinajstić information content (AvgIpc) is 3.38. The number of benzene rings is 6. The minimum Gasteiger partial charge on any atom is -0.493 e. The molecule has 7 rings (SSSR count). The Bertz CT molecular complexity index is 2390. The number of ether oxygens (including phenoxy) is 3. The molecule has 0 radical (unpaired) electrons. The normalized spacial score (nSPS) is 13.6. The Labute approximate surface area is 299 Å². The van der Waals surface area contributed by atoms with E-state index < -0.39 is 29.1 Å². The van der Waals surface area contributed by atoms with Gasteiger partial charge < -0.3 is 14.2 Å². The molecule has 1 aliphatic carbocycles. The van der Waals surface area contributed by atoms with Crippen molar-refractivity contribution in [2.45, 2.75) is 44.7 Å². The van der Waals surface area contributed by atoms with Gasteiger partial charge in [-0.3, -0.25) is 0 Å². The number of hydrogen-bond acceptors (Lipinski definition) is 5. The van der Waals surface area contributed by atoms with Crippen LogP contribution in [0.15, 0.2) is 104 Å². The Morgan fingerprint density at radius 1 is 0.712 bits per heavy atom. The first-order valence-corrected chi connectivity index (χ1v) is 17.0. The topological polar surface area (TPSA) is 61.8 Å². The maximum atomic E-state index is 14.5. The molecule has 0 spiro atoms. The highest BCUT2D eigenvalue weighted by molar-refractivity contribution is 6.25. The fraction of sp³-hybridized carbons (Fsp3) is 0.227. The lowest BCUT2D eigenvalue weighted by atomic mass is 9.78. The zero-order valence-electron chi connectivity index (χ0n) is 29.4. The number of esters is 2. The van der Waals surface area contributed by atoms with Crippen LogP contribution in [0.5, 0.6) is 5.75 Å². The maximum absolute atomic E-state index is 14.5. The van der Waals surface area contributed by atoms with Crippen molar-refractivity contribution in [1.29, 1.82) is 0 Å². The van der Waals surface area contributed by atoms with Crippen molar-refractivity contribution < 1.29 is 37.0 Å². The third kappa shape index (κ3) is 5.67. The van der Waals surface area contributed by atoms with Crippen LogP contribution in [0.1, 0.15) is 49.9 Å². The first-order chi connectivity index (χ1) is 24.7. The van der Waals surface area contributed by atoms with E-state index in [1.54, 1.807) is 13.0 Å². The number of carbonyl (C=O) groups is 2. The van der Waals surface area contributed by atoms with Gasteiger partial charge in [-0.2, -0.15) is 13.2 Å². The van der Waals surface area contributed by atoms with Gasteiger partial charge in [-0.05, 0) is 102 Å². The average molecular weight is 703 g/mol. The van der Waals surface area contributed by atoms with E-state index in [1.165, 1.54) is 11.6 Å². The number of alkyl halides is 3. The molecule has 0 heterocycles. The van der Waals surface area contributed by atoms with E-state index >= 15 is 0 Å². The molecule has 0 atom stereocenters. The van der Waals surface area contributed by atoms with Crippen molar-refractivity contribution in [3.63, 3.8) is 0 Å². The summed E-state index contributed by atoms with van der Waals surface area (Å²) in [4.78, 5) is 25.0. The lowest BCUT2D eigenvalue weighted by molar-refractivity contribution is -0.143. The van der Waals surface area contributed by atoms with Crippen LogP contribution in [0.2, 0.25) is 0 Å². The van der Waals surface area contributed by atoms with Gasteiger partial charge in [0.1, 0.15) is 19.0 Å². The highest BCUT2D eigenvalue weighted by Crippen LogP contribution is 2.54. The molecule has 0 aliphatic heterocycles. The van der Waals surface area contributed by atoms with Gasteiger partial charge in [0.25, 0.3) is 0 Å². The molecule has 0 aromatic heterocycles. The first kappa shape index (κ1) is 34.8. The summed E-state index contributed by atoms with van der Waals surface area (Å²) in [6.45, 7) is 14.5. The van der Waals surface area contributed by atoms with Crippen LogP contribution < -0.4 is 4.74 Å². The molecule has 5 nitrogen and oxygen atoms in total. The van der Waals surface area contributed by atoms with Crippen molar-refractivity contribution in [3.05, 3.63) is 126 Å². The summed E-state index contributed by atoms with van der Waals surface area (Å²) in [5.41, 5.74) is 2.23. The molecule has 0 unspecified atom stereocenters. The van der Waals surface area contributed by atoms with Crippen LogP contribution in [0.4, 0.5) is 13.2 Å². The lowest BCUT2D eigenvalue weighted by Gasteiger charge is -2.31. The summed E-state index contributed by atoms with van der Waals surface area (Å²) in [6, 6.07) is 25.1. The highest BCUT2D eigenvalue weighted by atomic mass is 19.4. The standard InChI is InChI=1S/C44H37F3O5/c1-7-38(48)51-23-43(24-52-39(49)8-2)34-20-26(13-16-31(34)33-21-36(44(45,46)47)37(50-9-3)22-35(33)43)30-15-12-25-10-11-27-18-29(42(4,5)6)19-28-14-17-32(30)41(25)40(27)28/h7-8,10-22H,1-2,9,23-24H2,3-6H3. The minimum absolute atomic E-state index is 0.0188. The fourth-order valence-electron chi connectivity index (χ4n) is 7.55. The van der Waals surface area contributed by atoms with Gasteiger partial charge >= 0.3 is 18.1 Å². The fourth-order valence-corrected chi connectivity index (χ4v) is 7.55. The quantitative estimate of drug-likeness (QED) is 0.0853. The number of rotatable bonds is 9. The highest BCUT2D eigenvalue weighted by Gasteiger charge is 2.48.